The molecule has 0 rings (SSSR count). The van der Waals surface area contributed by atoms with Crippen LogP contribution in [0.2, 0.25) is 0 Å². The number of ether oxygens (including phenoxy) is 1. The summed E-state index contributed by atoms with van der Waals surface area (Å²) in [5.41, 5.74) is 0. The molecule has 1 atom stereocenters. The molecular formula is C6H12ClNO3. The van der Waals surface area contributed by atoms with Crippen molar-refractivity contribution in [3.8, 4) is 0 Å². The van der Waals surface area contributed by atoms with Gasteiger partial charge in [0.1, 0.15) is 12.7 Å². The number of alkyl halides is 1. The summed E-state index contributed by atoms with van der Waals surface area (Å²) in [6, 6.07) is 0. The monoisotopic (exact) mass is 181 g/mol. The minimum absolute atomic E-state index is 0.0550. The Balaban J connectivity index is 3.46. The van der Waals surface area contributed by atoms with Crippen LogP contribution in [0.1, 0.15) is 0 Å². The lowest BCUT2D eigenvalue weighted by Crippen LogP contribution is -2.27. The van der Waals surface area contributed by atoms with E-state index in [-0.39, 0.29) is 12.5 Å². The normalized spacial score (nSPS) is 12.4. The molecule has 4 nitrogen and oxygen atoms in total. The Morgan fingerprint density at radius 2 is 2.27 bits per heavy atom. The number of nitrogens with zero attached hydrogens (tertiary/aromatic N) is 1. The fraction of sp³-hybridized carbons (Fsp3) is 0.833. The van der Waals surface area contributed by atoms with Crippen LogP contribution in [0.5, 0.6) is 0 Å². The summed E-state index contributed by atoms with van der Waals surface area (Å²) >= 11 is 5.26. The van der Waals surface area contributed by atoms with E-state index in [1.54, 1.807) is 14.1 Å². The van der Waals surface area contributed by atoms with Crippen molar-refractivity contribution in [2.24, 2.45) is 0 Å². The van der Waals surface area contributed by atoms with Gasteiger partial charge in [0.25, 0.3) is 0 Å². The van der Waals surface area contributed by atoms with Gasteiger partial charge in [-0.25, -0.2) is 4.79 Å². The largest absolute Gasteiger partial charge is 0.447 e. The number of aliphatic hydroxyl groups is 1. The zero-order chi connectivity index (χ0) is 8.85. The quantitative estimate of drug-likeness (QED) is 0.637. The van der Waals surface area contributed by atoms with Crippen LogP contribution in [-0.2, 0) is 4.74 Å². The number of carbonyl (C=O) groups is 1. The first kappa shape index (κ1) is 10.5. The molecule has 0 aromatic heterocycles. The number of carbonyl (C=O) groups excluding carboxylic acids is 1. The van der Waals surface area contributed by atoms with Gasteiger partial charge in [-0.2, -0.15) is 0 Å². The highest BCUT2D eigenvalue weighted by Crippen LogP contribution is 1.91. The SMILES string of the molecule is CN(C)C(=O)OCC(O)CCl. The molecule has 0 aromatic carbocycles. The molecule has 0 heterocycles. The highest BCUT2D eigenvalue weighted by atomic mass is 35.5. The first-order valence-electron chi connectivity index (χ1n) is 3.16. The maximum Gasteiger partial charge on any atom is 0.409 e. The molecule has 1 unspecified atom stereocenters. The van der Waals surface area contributed by atoms with E-state index in [1.165, 1.54) is 4.90 Å². The lowest BCUT2D eigenvalue weighted by atomic mass is 10.4. The van der Waals surface area contributed by atoms with Gasteiger partial charge in [0, 0.05) is 14.1 Å². The summed E-state index contributed by atoms with van der Waals surface area (Å²) < 4.78 is 4.61. The van der Waals surface area contributed by atoms with Crippen LogP contribution in [0.3, 0.4) is 0 Å². The van der Waals surface area contributed by atoms with Gasteiger partial charge >= 0.3 is 6.09 Å². The van der Waals surface area contributed by atoms with E-state index >= 15 is 0 Å². The molecule has 0 bridgehead atoms. The van der Waals surface area contributed by atoms with E-state index in [0.717, 1.165) is 0 Å². The van der Waals surface area contributed by atoms with Crippen LogP contribution in [0.15, 0.2) is 0 Å². The Hall–Kier alpha value is -0.480. The van der Waals surface area contributed by atoms with E-state index in [2.05, 4.69) is 4.74 Å². The van der Waals surface area contributed by atoms with Crippen LogP contribution >= 0.6 is 11.6 Å². The van der Waals surface area contributed by atoms with Crippen LogP contribution in [0.25, 0.3) is 0 Å². The molecule has 0 aliphatic rings. The second kappa shape index (κ2) is 5.21. The molecule has 5 heteroatoms. The Morgan fingerprint density at radius 3 is 2.64 bits per heavy atom. The highest BCUT2D eigenvalue weighted by molar-refractivity contribution is 6.18. The van der Waals surface area contributed by atoms with Crippen LogP contribution < -0.4 is 0 Å². The fourth-order valence-electron chi connectivity index (χ4n) is 0.341. The Kier molecular flexibility index (Phi) is 4.98. The van der Waals surface area contributed by atoms with Gasteiger partial charge in [-0.1, -0.05) is 0 Å². The van der Waals surface area contributed by atoms with Crippen molar-refractivity contribution in [3.63, 3.8) is 0 Å². The lowest BCUT2D eigenvalue weighted by molar-refractivity contribution is 0.0647. The van der Waals surface area contributed by atoms with Crippen LogP contribution in [0, 0.1) is 0 Å². The predicted octanol–water partition coefficient (Wildman–Crippen LogP) is 0.284. The van der Waals surface area contributed by atoms with E-state index in [0.29, 0.717) is 0 Å². The molecule has 0 aromatic rings. The van der Waals surface area contributed by atoms with Crippen molar-refractivity contribution in [2.45, 2.75) is 6.10 Å². The number of halogens is 1. The molecule has 0 saturated carbocycles. The maximum absolute atomic E-state index is 10.7. The molecule has 1 amide bonds. The molecule has 0 aliphatic carbocycles. The first-order chi connectivity index (χ1) is 5.07. The average Bonchev–Trinajstić information content (AvgIpc) is 1.99. The zero-order valence-corrected chi connectivity index (χ0v) is 7.34. The zero-order valence-electron chi connectivity index (χ0n) is 6.58. The molecule has 11 heavy (non-hydrogen) atoms. The van der Waals surface area contributed by atoms with Crippen molar-refractivity contribution >= 4 is 17.7 Å². The summed E-state index contributed by atoms with van der Waals surface area (Å²) in [5, 5.41) is 8.86. The number of rotatable bonds is 3. The summed E-state index contributed by atoms with van der Waals surface area (Å²) in [7, 11) is 3.13. The Bertz CT molecular complexity index is 129. The average molecular weight is 182 g/mol. The van der Waals surface area contributed by atoms with Gasteiger partial charge in [-0.05, 0) is 0 Å². The second-order valence-electron chi connectivity index (χ2n) is 2.28. The van der Waals surface area contributed by atoms with Crippen molar-refractivity contribution < 1.29 is 14.6 Å². The van der Waals surface area contributed by atoms with Gasteiger partial charge in [-0.3, -0.25) is 0 Å². The fourth-order valence-corrected chi connectivity index (χ4v) is 0.430. The van der Waals surface area contributed by atoms with Gasteiger partial charge in [-0.15, -0.1) is 11.6 Å². The van der Waals surface area contributed by atoms with Crippen LogP contribution in [0.4, 0.5) is 4.79 Å². The van der Waals surface area contributed by atoms with E-state index in [9.17, 15) is 4.79 Å². The number of hydrogen-bond acceptors (Lipinski definition) is 3. The standard InChI is InChI=1S/C6H12ClNO3/c1-8(2)6(10)11-4-5(9)3-7/h5,9H,3-4H2,1-2H3. The molecule has 66 valence electrons. The van der Waals surface area contributed by atoms with Crippen molar-refractivity contribution in [2.75, 3.05) is 26.6 Å². The minimum atomic E-state index is -0.777. The van der Waals surface area contributed by atoms with Gasteiger partial charge in [0.2, 0.25) is 0 Å². The van der Waals surface area contributed by atoms with Gasteiger partial charge < -0.3 is 14.7 Å². The number of aliphatic hydroxyl groups excluding tert-OH is 1. The molecule has 0 radical (unpaired) electrons. The van der Waals surface area contributed by atoms with Crippen molar-refractivity contribution in [1.82, 2.24) is 4.90 Å². The topological polar surface area (TPSA) is 49.8 Å². The van der Waals surface area contributed by atoms with E-state index < -0.39 is 12.2 Å². The Labute approximate surface area is 70.7 Å². The molecule has 0 spiro atoms. The second-order valence-corrected chi connectivity index (χ2v) is 2.59. The lowest BCUT2D eigenvalue weighted by Gasteiger charge is -2.12. The maximum atomic E-state index is 10.7. The minimum Gasteiger partial charge on any atom is -0.447 e. The van der Waals surface area contributed by atoms with Crippen molar-refractivity contribution in [3.05, 3.63) is 0 Å². The number of hydrogen-bond donors (Lipinski definition) is 1. The molecule has 1 N–H and O–H groups in total. The molecular weight excluding hydrogens is 170 g/mol. The summed E-state index contributed by atoms with van der Waals surface area (Å²) in [4.78, 5) is 12.0. The van der Waals surface area contributed by atoms with Crippen molar-refractivity contribution in [1.29, 1.82) is 0 Å². The number of amides is 1. The highest BCUT2D eigenvalue weighted by Gasteiger charge is 2.08. The third-order valence-corrected chi connectivity index (χ3v) is 1.30. The summed E-state index contributed by atoms with van der Waals surface area (Å²) in [6.45, 7) is -0.0550. The summed E-state index contributed by atoms with van der Waals surface area (Å²) in [6.07, 6.45) is -1.25. The Morgan fingerprint density at radius 1 is 1.73 bits per heavy atom. The van der Waals surface area contributed by atoms with Gasteiger partial charge in [0.05, 0.1) is 5.88 Å². The van der Waals surface area contributed by atoms with E-state index in [1.807, 2.05) is 0 Å². The predicted molar refractivity (Wildman–Crippen MR) is 41.8 cm³/mol. The smallest absolute Gasteiger partial charge is 0.409 e. The van der Waals surface area contributed by atoms with Gasteiger partial charge in [0.15, 0.2) is 0 Å². The molecule has 0 fully saturated rings. The molecule has 0 aliphatic heterocycles. The third-order valence-electron chi connectivity index (χ3n) is 0.942. The first-order valence-corrected chi connectivity index (χ1v) is 3.69. The summed E-state index contributed by atoms with van der Waals surface area (Å²) in [5.74, 6) is 0.0701. The van der Waals surface area contributed by atoms with Crippen LogP contribution in [-0.4, -0.2) is 48.8 Å². The third kappa shape index (κ3) is 4.86. The molecule has 0 saturated heterocycles. The van der Waals surface area contributed by atoms with E-state index in [4.69, 9.17) is 16.7 Å².